The molecule has 1 aliphatic carbocycles. The molecule has 0 heterocycles. The molecular weight excluding hydrogens is 124 g/mol. The summed E-state index contributed by atoms with van der Waals surface area (Å²) >= 11 is 5.51. The predicted octanol–water partition coefficient (Wildman–Crippen LogP) is 2.34. The molecule has 0 aliphatic heterocycles. The Hall–Kier alpha value is -0.430. The molecule has 0 saturated heterocycles. The summed E-state index contributed by atoms with van der Waals surface area (Å²) in [5.41, 5.74) is 0. The summed E-state index contributed by atoms with van der Waals surface area (Å²) in [6, 6.07) is 0. The van der Waals surface area contributed by atoms with E-state index in [0.717, 1.165) is 6.42 Å². The number of aliphatic hydroxyl groups excluding tert-OH is 1. The molecule has 2 heteroatoms. The standard InChI is InChI=1S/C6H7ClO/c7-5-3-1-2-4-6(5)8/h1,3,8H,2,4H2. The van der Waals surface area contributed by atoms with E-state index >= 15 is 0 Å². The van der Waals surface area contributed by atoms with Crippen molar-refractivity contribution in [2.24, 2.45) is 0 Å². The fourth-order valence-corrected chi connectivity index (χ4v) is 0.806. The zero-order valence-electron chi connectivity index (χ0n) is 4.39. The Morgan fingerprint density at radius 2 is 2.38 bits per heavy atom. The van der Waals surface area contributed by atoms with Crippen LogP contribution in [0.2, 0.25) is 0 Å². The summed E-state index contributed by atoms with van der Waals surface area (Å²) < 4.78 is 0. The van der Waals surface area contributed by atoms with Crippen LogP contribution in [0.1, 0.15) is 12.8 Å². The molecule has 8 heavy (non-hydrogen) atoms. The Morgan fingerprint density at radius 1 is 1.62 bits per heavy atom. The lowest BCUT2D eigenvalue weighted by Crippen LogP contribution is -1.87. The molecule has 0 unspecified atom stereocenters. The molecule has 0 aromatic heterocycles. The van der Waals surface area contributed by atoms with Crippen molar-refractivity contribution in [3.63, 3.8) is 0 Å². The van der Waals surface area contributed by atoms with Crippen molar-refractivity contribution < 1.29 is 5.11 Å². The lowest BCUT2D eigenvalue weighted by Gasteiger charge is -2.02. The number of hydrogen-bond acceptors (Lipinski definition) is 1. The van der Waals surface area contributed by atoms with Gasteiger partial charge in [0.2, 0.25) is 0 Å². The van der Waals surface area contributed by atoms with Gasteiger partial charge in [0.25, 0.3) is 0 Å². The first-order valence-corrected chi connectivity index (χ1v) is 2.92. The summed E-state index contributed by atoms with van der Waals surface area (Å²) in [4.78, 5) is 0. The van der Waals surface area contributed by atoms with Gasteiger partial charge in [-0.3, -0.25) is 0 Å². The van der Waals surface area contributed by atoms with Crippen molar-refractivity contribution in [2.75, 3.05) is 0 Å². The van der Waals surface area contributed by atoms with E-state index in [-0.39, 0.29) is 0 Å². The Labute approximate surface area is 53.3 Å². The third-order valence-electron chi connectivity index (χ3n) is 1.09. The number of aliphatic hydroxyl groups is 1. The quantitative estimate of drug-likeness (QED) is 0.534. The molecule has 1 N–H and O–H groups in total. The van der Waals surface area contributed by atoms with E-state index in [1.807, 2.05) is 6.08 Å². The minimum atomic E-state index is 0.314. The highest BCUT2D eigenvalue weighted by molar-refractivity contribution is 6.31. The van der Waals surface area contributed by atoms with Crippen molar-refractivity contribution >= 4 is 11.6 Å². The molecule has 1 rings (SSSR count). The Morgan fingerprint density at radius 3 is 2.75 bits per heavy atom. The lowest BCUT2D eigenvalue weighted by molar-refractivity contribution is 0.385. The van der Waals surface area contributed by atoms with Gasteiger partial charge in [0.1, 0.15) is 5.76 Å². The van der Waals surface area contributed by atoms with Crippen LogP contribution < -0.4 is 0 Å². The number of allylic oxidation sites excluding steroid dienone is 4. The second kappa shape index (κ2) is 2.23. The van der Waals surface area contributed by atoms with Gasteiger partial charge < -0.3 is 5.11 Å². The van der Waals surface area contributed by atoms with E-state index in [1.54, 1.807) is 6.08 Å². The van der Waals surface area contributed by atoms with E-state index in [0.29, 0.717) is 17.2 Å². The Balaban J connectivity index is 2.76. The molecule has 0 aromatic rings. The van der Waals surface area contributed by atoms with Gasteiger partial charge in [0.15, 0.2) is 0 Å². The molecule has 0 atom stereocenters. The summed E-state index contributed by atoms with van der Waals surface area (Å²) in [5, 5.41) is 9.36. The van der Waals surface area contributed by atoms with Gasteiger partial charge >= 0.3 is 0 Å². The van der Waals surface area contributed by atoms with Gasteiger partial charge in [-0.15, -0.1) is 0 Å². The second-order valence-electron chi connectivity index (χ2n) is 1.74. The highest BCUT2D eigenvalue weighted by Crippen LogP contribution is 2.18. The average molecular weight is 131 g/mol. The van der Waals surface area contributed by atoms with Crippen molar-refractivity contribution in [3.8, 4) is 0 Å². The third kappa shape index (κ3) is 1.04. The molecule has 1 nitrogen and oxygen atoms in total. The number of hydrogen-bond donors (Lipinski definition) is 1. The topological polar surface area (TPSA) is 20.2 Å². The molecular formula is C6H7ClO. The maximum atomic E-state index is 8.87. The molecule has 0 spiro atoms. The van der Waals surface area contributed by atoms with E-state index in [2.05, 4.69) is 0 Å². The van der Waals surface area contributed by atoms with Crippen molar-refractivity contribution in [1.82, 2.24) is 0 Å². The van der Waals surface area contributed by atoms with Crippen LogP contribution in [0.3, 0.4) is 0 Å². The van der Waals surface area contributed by atoms with Gasteiger partial charge in [-0.1, -0.05) is 17.7 Å². The SMILES string of the molecule is OC1=C(Cl)C=CCC1. The Kier molecular flexibility index (Phi) is 1.59. The van der Waals surface area contributed by atoms with Gasteiger partial charge in [-0.05, 0) is 12.5 Å². The molecule has 0 aromatic carbocycles. The smallest absolute Gasteiger partial charge is 0.111 e. The van der Waals surface area contributed by atoms with Crippen LogP contribution in [0.5, 0.6) is 0 Å². The van der Waals surface area contributed by atoms with Crippen LogP contribution in [0.25, 0.3) is 0 Å². The van der Waals surface area contributed by atoms with E-state index < -0.39 is 0 Å². The van der Waals surface area contributed by atoms with Crippen LogP contribution in [0.15, 0.2) is 22.9 Å². The van der Waals surface area contributed by atoms with E-state index in [9.17, 15) is 0 Å². The predicted molar refractivity (Wildman–Crippen MR) is 33.9 cm³/mol. The molecule has 0 bridgehead atoms. The molecule has 44 valence electrons. The summed E-state index contributed by atoms with van der Waals surface area (Å²) in [6.45, 7) is 0. The summed E-state index contributed by atoms with van der Waals surface area (Å²) in [7, 11) is 0. The third-order valence-corrected chi connectivity index (χ3v) is 1.43. The zero-order chi connectivity index (χ0) is 5.98. The maximum Gasteiger partial charge on any atom is 0.111 e. The van der Waals surface area contributed by atoms with Crippen LogP contribution in [0, 0.1) is 0 Å². The zero-order valence-corrected chi connectivity index (χ0v) is 5.15. The monoisotopic (exact) mass is 130 g/mol. The van der Waals surface area contributed by atoms with Crippen molar-refractivity contribution in [2.45, 2.75) is 12.8 Å². The number of rotatable bonds is 0. The fourth-order valence-electron chi connectivity index (χ4n) is 0.622. The van der Waals surface area contributed by atoms with Crippen LogP contribution in [-0.4, -0.2) is 5.11 Å². The normalized spacial score (nSPS) is 19.6. The first-order chi connectivity index (χ1) is 3.80. The first kappa shape index (κ1) is 5.70. The van der Waals surface area contributed by atoms with E-state index in [1.165, 1.54) is 0 Å². The second-order valence-corrected chi connectivity index (χ2v) is 2.14. The molecule has 0 fully saturated rings. The number of halogens is 1. The van der Waals surface area contributed by atoms with Gasteiger partial charge in [0, 0.05) is 6.42 Å². The highest BCUT2D eigenvalue weighted by atomic mass is 35.5. The van der Waals surface area contributed by atoms with Crippen LogP contribution in [-0.2, 0) is 0 Å². The average Bonchev–Trinajstić information content (AvgIpc) is 1.77. The fraction of sp³-hybridized carbons (Fsp3) is 0.333. The largest absolute Gasteiger partial charge is 0.511 e. The van der Waals surface area contributed by atoms with Crippen molar-refractivity contribution in [3.05, 3.63) is 22.9 Å². The first-order valence-electron chi connectivity index (χ1n) is 2.55. The summed E-state index contributed by atoms with van der Waals surface area (Å²) in [6.07, 6.45) is 5.26. The summed E-state index contributed by atoms with van der Waals surface area (Å²) in [5.74, 6) is 0.314. The van der Waals surface area contributed by atoms with E-state index in [4.69, 9.17) is 16.7 Å². The minimum absolute atomic E-state index is 0.314. The minimum Gasteiger partial charge on any atom is -0.511 e. The highest BCUT2D eigenvalue weighted by Gasteiger charge is 2.01. The van der Waals surface area contributed by atoms with Crippen molar-refractivity contribution in [1.29, 1.82) is 0 Å². The lowest BCUT2D eigenvalue weighted by atomic mass is 10.2. The van der Waals surface area contributed by atoms with Gasteiger partial charge in [0.05, 0.1) is 5.03 Å². The maximum absolute atomic E-state index is 8.87. The molecule has 0 amide bonds. The molecule has 0 radical (unpaired) electrons. The molecule has 0 saturated carbocycles. The van der Waals surface area contributed by atoms with Gasteiger partial charge in [-0.2, -0.15) is 0 Å². The van der Waals surface area contributed by atoms with Gasteiger partial charge in [-0.25, -0.2) is 0 Å². The van der Waals surface area contributed by atoms with Crippen LogP contribution in [0.4, 0.5) is 0 Å². The van der Waals surface area contributed by atoms with Crippen LogP contribution >= 0.6 is 11.6 Å². The Bertz CT molecular complexity index is 147. The molecule has 1 aliphatic rings.